The van der Waals surface area contributed by atoms with Crippen LogP contribution in [-0.4, -0.2) is 23.0 Å². The third kappa shape index (κ3) is 4.41. The Hall–Kier alpha value is -3.60. The summed E-state index contributed by atoms with van der Waals surface area (Å²) in [7, 11) is -3.81. The number of rotatable bonds is 4. The maximum atomic E-state index is 13.3. The molecule has 0 bridgehead atoms. The van der Waals surface area contributed by atoms with Crippen molar-refractivity contribution in [3.8, 4) is 16.9 Å². The first kappa shape index (κ1) is 25.1. The first-order valence-electron chi connectivity index (χ1n) is 11.5. The average molecular weight is 683 g/mol. The molecule has 184 valence electrons. The quantitative estimate of drug-likeness (QED) is 0.205. The molecular weight excluding hydrogens is 661 g/mol. The maximum Gasteiger partial charge on any atom is 2.00 e. The number of hydrogen-bond donors (Lipinski definition) is 0. The number of aryl methyl sites for hydroxylation is 2. The zero-order valence-corrected chi connectivity index (χ0v) is 23.1. The van der Waals surface area contributed by atoms with E-state index in [1.54, 1.807) is 24.3 Å². The largest absolute Gasteiger partial charge is 2.00 e. The van der Waals surface area contributed by atoms with Crippen molar-refractivity contribution >= 4 is 31.6 Å². The summed E-state index contributed by atoms with van der Waals surface area (Å²) in [4.78, 5) is 8.91. The van der Waals surface area contributed by atoms with E-state index in [1.165, 1.54) is 6.20 Å². The summed E-state index contributed by atoms with van der Waals surface area (Å²) in [5.41, 5.74) is 5.04. The first-order chi connectivity index (χ1) is 17.4. The average Bonchev–Trinajstić information content (AvgIpc) is 3.22. The second kappa shape index (κ2) is 9.69. The Bertz CT molecular complexity index is 1890. The molecule has 7 heteroatoms. The molecule has 0 amide bonds. The Labute approximate surface area is 230 Å². The van der Waals surface area contributed by atoms with Gasteiger partial charge >= 0.3 is 21.1 Å². The Kier molecular flexibility index (Phi) is 6.57. The zero-order valence-electron chi connectivity index (χ0n) is 20.0. The van der Waals surface area contributed by atoms with Crippen molar-refractivity contribution in [3.63, 3.8) is 0 Å². The van der Waals surface area contributed by atoms with Gasteiger partial charge < -0.3 is 4.57 Å². The molecule has 37 heavy (non-hydrogen) atoms. The summed E-state index contributed by atoms with van der Waals surface area (Å²) in [5.74, 6) is 0.806. The van der Waals surface area contributed by atoms with E-state index < -0.39 is 9.84 Å². The minimum Gasteiger partial charge on any atom is -0.314 e. The molecule has 3 heterocycles. The van der Waals surface area contributed by atoms with Gasteiger partial charge in [-0.15, -0.1) is 12.1 Å². The first-order valence-corrected chi connectivity index (χ1v) is 13.0. The van der Waals surface area contributed by atoms with Crippen LogP contribution in [0.1, 0.15) is 11.3 Å². The van der Waals surface area contributed by atoms with E-state index in [1.807, 2.05) is 62.4 Å². The Morgan fingerprint density at radius 1 is 0.784 bits per heavy atom. The SMILES string of the molecule is Cc1ccnc(S(=O)(=O)c2[c-]c(-c3[c-]c4c(cc3)c3ccccc3n4-c3cccc(C)n3)ccc2)c1.[Pt+2]. The molecule has 6 aromatic rings. The summed E-state index contributed by atoms with van der Waals surface area (Å²) in [6.45, 7) is 3.81. The van der Waals surface area contributed by atoms with Crippen molar-refractivity contribution in [1.82, 2.24) is 14.5 Å². The van der Waals surface area contributed by atoms with Crippen LogP contribution in [0.4, 0.5) is 0 Å². The smallest absolute Gasteiger partial charge is 0.314 e. The van der Waals surface area contributed by atoms with E-state index in [2.05, 4.69) is 33.8 Å². The molecule has 0 saturated heterocycles. The normalized spacial score (nSPS) is 11.5. The summed E-state index contributed by atoms with van der Waals surface area (Å²) in [5, 5.41) is 2.16. The number of hydrogen-bond acceptors (Lipinski definition) is 4. The van der Waals surface area contributed by atoms with E-state index in [0.717, 1.165) is 44.4 Å². The summed E-state index contributed by atoms with van der Waals surface area (Å²) in [6.07, 6.45) is 1.51. The predicted molar refractivity (Wildman–Crippen MR) is 141 cm³/mol. The van der Waals surface area contributed by atoms with Gasteiger partial charge in [0.15, 0.2) is 5.03 Å². The van der Waals surface area contributed by atoms with E-state index in [9.17, 15) is 8.42 Å². The van der Waals surface area contributed by atoms with Gasteiger partial charge in [-0.2, -0.15) is 30.3 Å². The molecule has 0 fully saturated rings. The molecule has 0 aliphatic heterocycles. The van der Waals surface area contributed by atoms with Crippen LogP contribution in [0.5, 0.6) is 0 Å². The fraction of sp³-hybridized carbons (Fsp3) is 0.0667. The molecule has 0 saturated carbocycles. The van der Waals surface area contributed by atoms with Crippen LogP contribution in [0.3, 0.4) is 0 Å². The molecule has 0 unspecified atom stereocenters. The van der Waals surface area contributed by atoms with Crippen LogP contribution in [-0.2, 0) is 30.9 Å². The Morgan fingerprint density at radius 3 is 2.38 bits per heavy atom. The van der Waals surface area contributed by atoms with Crippen LogP contribution in [0.25, 0.3) is 38.8 Å². The van der Waals surface area contributed by atoms with Gasteiger partial charge in [0.05, 0.1) is 0 Å². The van der Waals surface area contributed by atoms with Gasteiger partial charge in [-0.25, -0.2) is 29.5 Å². The van der Waals surface area contributed by atoms with Gasteiger partial charge in [0.25, 0.3) is 0 Å². The van der Waals surface area contributed by atoms with E-state index in [4.69, 9.17) is 4.98 Å². The number of aromatic nitrogens is 3. The molecule has 6 rings (SSSR count). The van der Waals surface area contributed by atoms with Gasteiger partial charge in [0, 0.05) is 17.4 Å². The topological polar surface area (TPSA) is 64.8 Å². The van der Waals surface area contributed by atoms with Crippen molar-refractivity contribution in [3.05, 3.63) is 115 Å². The predicted octanol–water partition coefficient (Wildman–Crippen LogP) is 6.29. The van der Waals surface area contributed by atoms with Crippen molar-refractivity contribution in [2.45, 2.75) is 23.8 Å². The van der Waals surface area contributed by atoms with E-state index >= 15 is 0 Å². The third-order valence-corrected chi connectivity index (χ3v) is 7.79. The molecular formula is C30H21N3O2PtS. The fourth-order valence-corrected chi connectivity index (χ4v) is 5.74. The molecule has 5 nitrogen and oxygen atoms in total. The minimum atomic E-state index is -3.81. The summed E-state index contributed by atoms with van der Waals surface area (Å²) in [6, 6.07) is 33.2. The van der Waals surface area contributed by atoms with Crippen molar-refractivity contribution in [1.29, 1.82) is 0 Å². The van der Waals surface area contributed by atoms with E-state index in [-0.39, 0.29) is 31.0 Å². The monoisotopic (exact) mass is 682 g/mol. The van der Waals surface area contributed by atoms with E-state index in [0.29, 0.717) is 5.56 Å². The molecule has 0 aliphatic rings. The van der Waals surface area contributed by atoms with Gasteiger partial charge in [-0.1, -0.05) is 29.7 Å². The third-order valence-electron chi connectivity index (χ3n) is 6.20. The van der Waals surface area contributed by atoms with Gasteiger partial charge in [-0.3, -0.25) is 0 Å². The molecule has 0 N–H and O–H groups in total. The number of pyridine rings is 2. The molecule has 3 aromatic carbocycles. The Balaban J connectivity index is 0.00000280. The van der Waals surface area contributed by atoms with Crippen LogP contribution in [0.15, 0.2) is 101 Å². The fourth-order valence-electron chi connectivity index (χ4n) is 4.47. The zero-order chi connectivity index (χ0) is 24.9. The van der Waals surface area contributed by atoms with Crippen molar-refractivity contribution < 1.29 is 29.5 Å². The second-order valence-corrected chi connectivity index (χ2v) is 10.6. The standard InChI is InChI=1S/C30H21N3O2S.Pt/c1-20-15-16-31-30(17-20)36(34,35)24-9-6-8-22(18-24)23-13-14-26-25-10-3-4-11-27(25)33(28(26)19-23)29-12-5-7-21(2)32-29;/h3-17H,1-2H3;/q-2;+2. The van der Waals surface area contributed by atoms with Crippen molar-refractivity contribution in [2.75, 3.05) is 0 Å². The number of fused-ring (bicyclic) bond motifs is 3. The molecule has 3 aromatic heterocycles. The molecule has 0 spiro atoms. The summed E-state index contributed by atoms with van der Waals surface area (Å²) >= 11 is 0. The van der Waals surface area contributed by atoms with Crippen LogP contribution in [0, 0.1) is 26.0 Å². The molecule has 0 radical (unpaired) electrons. The maximum absolute atomic E-state index is 13.3. The molecule has 0 atom stereocenters. The second-order valence-electron chi connectivity index (χ2n) is 8.73. The summed E-state index contributed by atoms with van der Waals surface area (Å²) < 4.78 is 28.6. The number of benzene rings is 3. The number of nitrogens with zero attached hydrogens (tertiary/aromatic N) is 3. The van der Waals surface area contributed by atoms with Crippen molar-refractivity contribution in [2.24, 2.45) is 0 Å². The van der Waals surface area contributed by atoms with Crippen LogP contribution >= 0.6 is 0 Å². The van der Waals surface area contributed by atoms with Gasteiger partial charge in [0.2, 0.25) is 9.84 Å². The van der Waals surface area contributed by atoms with Gasteiger partial charge in [0.1, 0.15) is 5.82 Å². The van der Waals surface area contributed by atoms with Crippen LogP contribution < -0.4 is 0 Å². The number of sulfone groups is 1. The molecule has 0 aliphatic carbocycles. The Morgan fingerprint density at radius 2 is 1.57 bits per heavy atom. The minimum absolute atomic E-state index is 0. The van der Waals surface area contributed by atoms with Crippen LogP contribution in [0.2, 0.25) is 0 Å². The number of para-hydroxylation sites is 1. The van der Waals surface area contributed by atoms with Gasteiger partial charge in [-0.05, 0) is 65.5 Å².